The summed E-state index contributed by atoms with van der Waals surface area (Å²) in [5, 5.41) is 10.4. The van der Waals surface area contributed by atoms with Crippen molar-refractivity contribution in [2.75, 3.05) is 7.11 Å². The minimum Gasteiger partial charge on any atom is -0.504 e. The van der Waals surface area contributed by atoms with Crippen LogP contribution in [0.15, 0.2) is 23.0 Å². The summed E-state index contributed by atoms with van der Waals surface area (Å²) < 4.78 is 10.4. The van der Waals surface area contributed by atoms with Crippen LogP contribution in [0.5, 0.6) is 17.2 Å². The van der Waals surface area contributed by atoms with Crippen molar-refractivity contribution in [3.05, 3.63) is 28.6 Å². The Bertz CT molecular complexity index is 631. The van der Waals surface area contributed by atoms with E-state index in [1.165, 1.54) is 7.11 Å². The standard InChI is InChI=1S/C13H15NO4/c1-7(2)18-8-4-5-9-10(6-8)14-13(16)12(17-3)11(9)15/h4-7H,1-3H3,(H2,14,15,16). The zero-order valence-corrected chi connectivity index (χ0v) is 10.5. The van der Waals surface area contributed by atoms with Gasteiger partial charge in [0.05, 0.1) is 18.7 Å². The van der Waals surface area contributed by atoms with E-state index in [0.29, 0.717) is 16.7 Å². The molecular weight excluding hydrogens is 234 g/mol. The summed E-state index contributed by atoms with van der Waals surface area (Å²) in [5.41, 5.74) is 0.0423. The Morgan fingerprint density at radius 2 is 2.06 bits per heavy atom. The lowest BCUT2D eigenvalue weighted by atomic mass is 10.2. The van der Waals surface area contributed by atoms with Crippen LogP contribution in [-0.2, 0) is 0 Å². The second-order valence-corrected chi connectivity index (χ2v) is 4.21. The molecule has 0 radical (unpaired) electrons. The molecule has 0 bridgehead atoms. The maximum absolute atomic E-state index is 11.6. The molecule has 2 N–H and O–H groups in total. The van der Waals surface area contributed by atoms with Gasteiger partial charge in [-0.3, -0.25) is 4.79 Å². The molecule has 0 amide bonds. The van der Waals surface area contributed by atoms with Crippen LogP contribution in [0.25, 0.3) is 10.9 Å². The Balaban J connectivity index is 2.62. The maximum Gasteiger partial charge on any atom is 0.294 e. The number of aromatic nitrogens is 1. The largest absolute Gasteiger partial charge is 0.504 e. The van der Waals surface area contributed by atoms with Crippen LogP contribution in [0.2, 0.25) is 0 Å². The molecule has 0 saturated heterocycles. The second-order valence-electron chi connectivity index (χ2n) is 4.21. The highest BCUT2D eigenvalue weighted by molar-refractivity contribution is 5.87. The van der Waals surface area contributed by atoms with Crippen molar-refractivity contribution in [3.8, 4) is 17.2 Å². The number of nitrogens with one attached hydrogen (secondary N) is 1. The molecule has 0 atom stereocenters. The second kappa shape index (κ2) is 4.60. The summed E-state index contributed by atoms with van der Waals surface area (Å²) in [7, 11) is 1.34. The first-order valence-electron chi connectivity index (χ1n) is 5.62. The van der Waals surface area contributed by atoms with Gasteiger partial charge in [-0.2, -0.15) is 0 Å². The molecule has 96 valence electrons. The van der Waals surface area contributed by atoms with E-state index in [9.17, 15) is 9.90 Å². The topological polar surface area (TPSA) is 71.5 Å². The Kier molecular flexibility index (Phi) is 3.14. The van der Waals surface area contributed by atoms with E-state index < -0.39 is 5.56 Å². The molecule has 0 saturated carbocycles. The molecular formula is C13H15NO4. The lowest BCUT2D eigenvalue weighted by molar-refractivity contribution is 0.242. The summed E-state index contributed by atoms with van der Waals surface area (Å²) in [4.78, 5) is 14.3. The number of aromatic hydroxyl groups is 1. The van der Waals surface area contributed by atoms with Gasteiger partial charge in [0, 0.05) is 11.5 Å². The number of aromatic amines is 1. The molecule has 1 aromatic heterocycles. The molecule has 2 rings (SSSR count). The third kappa shape index (κ3) is 2.11. The molecule has 1 aromatic carbocycles. The van der Waals surface area contributed by atoms with E-state index in [1.54, 1.807) is 18.2 Å². The fourth-order valence-corrected chi connectivity index (χ4v) is 1.78. The van der Waals surface area contributed by atoms with Gasteiger partial charge in [0.15, 0.2) is 5.75 Å². The summed E-state index contributed by atoms with van der Waals surface area (Å²) in [5.74, 6) is 0.394. The van der Waals surface area contributed by atoms with Crippen molar-refractivity contribution in [2.24, 2.45) is 0 Å². The fourth-order valence-electron chi connectivity index (χ4n) is 1.78. The number of hydrogen-bond donors (Lipinski definition) is 2. The van der Waals surface area contributed by atoms with Crippen LogP contribution in [0.1, 0.15) is 13.8 Å². The van der Waals surface area contributed by atoms with E-state index in [-0.39, 0.29) is 17.6 Å². The molecule has 0 aliphatic rings. The normalized spacial score (nSPS) is 10.9. The Morgan fingerprint density at radius 3 is 2.67 bits per heavy atom. The zero-order valence-electron chi connectivity index (χ0n) is 10.5. The third-order valence-corrected chi connectivity index (χ3v) is 2.49. The van der Waals surface area contributed by atoms with Crippen molar-refractivity contribution < 1.29 is 14.6 Å². The van der Waals surface area contributed by atoms with Gasteiger partial charge >= 0.3 is 0 Å². The van der Waals surface area contributed by atoms with Gasteiger partial charge in [0.1, 0.15) is 5.75 Å². The predicted molar refractivity (Wildman–Crippen MR) is 68.5 cm³/mol. The number of ether oxygens (including phenoxy) is 2. The fraction of sp³-hybridized carbons (Fsp3) is 0.308. The highest BCUT2D eigenvalue weighted by Gasteiger charge is 2.12. The van der Waals surface area contributed by atoms with Crippen molar-refractivity contribution in [1.29, 1.82) is 0 Å². The highest BCUT2D eigenvalue weighted by Crippen LogP contribution is 2.31. The van der Waals surface area contributed by atoms with E-state index in [0.717, 1.165) is 0 Å². The highest BCUT2D eigenvalue weighted by atomic mass is 16.5. The summed E-state index contributed by atoms with van der Waals surface area (Å²) in [6.45, 7) is 3.83. The molecule has 2 aromatic rings. The van der Waals surface area contributed by atoms with E-state index in [1.807, 2.05) is 13.8 Å². The van der Waals surface area contributed by atoms with Crippen LogP contribution >= 0.6 is 0 Å². The minimum atomic E-state index is -0.468. The van der Waals surface area contributed by atoms with Gasteiger partial charge in [-0.25, -0.2) is 0 Å². The van der Waals surface area contributed by atoms with E-state index >= 15 is 0 Å². The van der Waals surface area contributed by atoms with Gasteiger partial charge in [-0.15, -0.1) is 0 Å². The maximum atomic E-state index is 11.6. The van der Waals surface area contributed by atoms with E-state index in [2.05, 4.69) is 4.98 Å². The van der Waals surface area contributed by atoms with Crippen LogP contribution in [0, 0.1) is 0 Å². The van der Waals surface area contributed by atoms with Crippen molar-refractivity contribution in [3.63, 3.8) is 0 Å². The molecule has 5 nitrogen and oxygen atoms in total. The monoisotopic (exact) mass is 249 g/mol. The first-order chi connectivity index (χ1) is 8.52. The quantitative estimate of drug-likeness (QED) is 0.873. The van der Waals surface area contributed by atoms with E-state index in [4.69, 9.17) is 9.47 Å². The smallest absolute Gasteiger partial charge is 0.294 e. The summed E-state index contributed by atoms with van der Waals surface area (Å²) >= 11 is 0. The van der Waals surface area contributed by atoms with Crippen molar-refractivity contribution >= 4 is 10.9 Å². The molecule has 1 heterocycles. The summed E-state index contributed by atoms with van der Waals surface area (Å²) in [6.07, 6.45) is 0.0426. The number of pyridine rings is 1. The van der Waals surface area contributed by atoms with Crippen molar-refractivity contribution in [2.45, 2.75) is 20.0 Å². The van der Waals surface area contributed by atoms with Gasteiger partial charge in [-0.05, 0) is 26.0 Å². The van der Waals surface area contributed by atoms with Crippen molar-refractivity contribution in [1.82, 2.24) is 4.98 Å². The third-order valence-electron chi connectivity index (χ3n) is 2.49. The average molecular weight is 249 g/mol. The van der Waals surface area contributed by atoms with Gasteiger partial charge < -0.3 is 19.6 Å². The molecule has 0 aliphatic heterocycles. The first kappa shape index (κ1) is 12.3. The van der Waals surface area contributed by atoms with Gasteiger partial charge in [-0.1, -0.05) is 0 Å². The number of benzene rings is 1. The molecule has 0 fully saturated rings. The number of H-pyrrole nitrogens is 1. The van der Waals surface area contributed by atoms with Crippen LogP contribution < -0.4 is 15.0 Å². The molecule has 0 aliphatic carbocycles. The van der Waals surface area contributed by atoms with Crippen LogP contribution in [0.3, 0.4) is 0 Å². The molecule has 0 unspecified atom stereocenters. The van der Waals surface area contributed by atoms with Gasteiger partial charge in [0.2, 0.25) is 5.75 Å². The Morgan fingerprint density at radius 1 is 1.33 bits per heavy atom. The van der Waals surface area contributed by atoms with Crippen LogP contribution in [-0.4, -0.2) is 23.3 Å². The Labute approximate surface area is 104 Å². The SMILES string of the molecule is COc1c(O)c2ccc(OC(C)C)cc2[nH]c1=O. The molecule has 18 heavy (non-hydrogen) atoms. The number of methoxy groups -OCH3 is 1. The number of rotatable bonds is 3. The zero-order chi connectivity index (χ0) is 13.3. The number of hydrogen-bond acceptors (Lipinski definition) is 4. The summed E-state index contributed by atoms with van der Waals surface area (Å²) in [6, 6.07) is 5.09. The average Bonchev–Trinajstić information content (AvgIpc) is 2.28. The lowest BCUT2D eigenvalue weighted by Gasteiger charge is -2.11. The number of fused-ring (bicyclic) bond motifs is 1. The first-order valence-corrected chi connectivity index (χ1v) is 5.62. The predicted octanol–water partition coefficient (Wildman–Crippen LogP) is 2.03. The minimum absolute atomic E-state index is 0.0426. The van der Waals surface area contributed by atoms with Crippen LogP contribution in [0.4, 0.5) is 0 Å². The molecule has 0 spiro atoms. The van der Waals surface area contributed by atoms with Gasteiger partial charge in [0.25, 0.3) is 5.56 Å². The molecule has 5 heteroatoms. The lowest BCUT2D eigenvalue weighted by Crippen LogP contribution is -2.10. The Hall–Kier alpha value is -2.17.